The minimum atomic E-state index is -0.269. The summed E-state index contributed by atoms with van der Waals surface area (Å²) in [6, 6.07) is 16.7. The lowest BCUT2D eigenvalue weighted by Gasteiger charge is -2.31. The Labute approximate surface area is 164 Å². The smallest absolute Gasteiger partial charge is 0.118 e. The number of hydrogen-bond acceptors (Lipinski definition) is 3. The van der Waals surface area contributed by atoms with Gasteiger partial charge in [-0.05, 0) is 48.6 Å². The predicted octanol–water partition coefficient (Wildman–Crippen LogP) is 5.16. The lowest BCUT2D eigenvalue weighted by molar-refractivity contribution is -0.0895. The number of rotatable bonds is 4. The fourth-order valence-corrected chi connectivity index (χ4v) is 3.22. The first-order valence-electron chi connectivity index (χ1n) is 9.52. The average Bonchev–Trinajstić information content (AvgIpc) is 2.71. The highest BCUT2D eigenvalue weighted by Crippen LogP contribution is 2.32. The number of ether oxygens (including phenoxy) is 2. The molecule has 1 heterocycles. The van der Waals surface area contributed by atoms with Crippen molar-refractivity contribution in [1.82, 2.24) is 0 Å². The standard InChI is InChI=1S/C20H24O3.C2H6.C2H2/c1-14-10-18(21)13-20(23-14)17-5-3-4-16(12-17)11-15-6-8-19(22-2)9-7-15;2*1-2/h3-9,12,14,18,20-21H,10-11,13H2,1-2H3;1-2H3;1-2H/t14-,18+,20-;;/m1../s1. The summed E-state index contributed by atoms with van der Waals surface area (Å²) < 4.78 is 11.2. The van der Waals surface area contributed by atoms with Crippen LogP contribution in [0.1, 0.15) is 56.4 Å². The van der Waals surface area contributed by atoms with E-state index in [0.717, 1.165) is 24.2 Å². The van der Waals surface area contributed by atoms with E-state index in [2.05, 4.69) is 49.2 Å². The van der Waals surface area contributed by atoms with Gasteiger partial charge in [0.15, 0.2) is 0 Å². The van der Waals surface area contributed by atoms with Gasteiger partial charge in [0.05, 0.1) is 25.4 Å². The molecule has 1 saturated heterocycles. The third-order valence-electron chi connectivity index (χ3n) is 4.38. The van der Waals surface area contributed by atoms with Gasteiger partial charge in [0.2, 0.25) is 0 Å². The Bertz CT molecular complexity index is 666. The second-order valence-electron chi connectivity index (χ2n) is 6.33. The van der Waals surface area contributed by atoms with Crippen LogP contribution in [0.5, 0.6) is 5.75 Å². The molecule has 1 fully saturated rings. The first-order valence-corrected chi connectivity index (χ1v) is 9.52. The van der Waals surface area contributed by atoms with Crippen molar-refractivity contribution in [1.29, 1.82) is 0 Å². The molecule has 0 radical (unpaired) electrons. The van der Waals surface area contributed by atoms with Crippen LogP contribution in [-0.4, -0.2) is 24.4 Å². The second-order valence-corrected chi connectivity index (χ2v) is 6.33. The van der Waals surface area contributed by atoms with Crippen LogP contribution in [0, 0.1) is 12.8 Å². The Hall–Kier alpha value is -2.28. The van der Waals surface area contributed by atoms with E-state index >= 15 is 0 Å². The average molecular weight is 369 g/mol. The van der Waals surface area contributed by atoms with Gasteiger partial charge in [-0.1, -0.05) is 50.2 Å². The first kappa shape index (κ1) is 22.8. The maximum Gasteiger partial charge on any atom is 0.118 e. The van der Waals surface area contributed by atoms with Crippen LogP contribution >= 0.6 is 0 Å². The van der Waals surface area contributed by atoms with E-state index in [-0.39, 0.29) is 18.3 Å². The second kappa shape index (κ2) is 12.2. The zero-order valence-corrected chi connectivity index (χ0v) is 16.9. The van der Waals surface area contributed by atoms with Crippen molar-refractivity contribution < 1.29 is 14.6 Å². The Morgan fingerprint density at radius 3 is 2.30 bits per heavy atom. The zero-order chi connectivity index (χ0) is 20.2. The van der Waals surface area contributed by atoms with Crippen LogP contribution in [0.3, 0.4) is 0 Å². The van der Waals surface area contributed by atoms with Crippen LogP contribution in [0.25, 0.3) is 0 Å². The SMILES string of the molecule is C#C.CC.COc1ccc(Cc2cccc([C@H]3C[C@@H](O)C[C@@H](C)O3)c2)cc1. The Kier molecular flexibility index (Phi) is 10.3. The summed E-state index contributed by atoms with van der Waals surface area (Å²) in [7, 11) is 1.68. The number of methoxy groups -OCH3 is 1. The molecule has 3 heteroatoms. The normalized spacial score (nSPS) is 21.1. The summed E-state index contributed by atoms with van der Waals surface area (Å²) in [6.07, 6.45) is 10.1. The van der Waals surface area contributed by atoms with Gasteiger partial charge < -0.3 is 14.6 Å². The summed E-state index contributed by atoms with van der Waals surface area (Å²) >= 11 is 0. The van der Waals surface area contributed by atoms with Crippen LogP contribution in [0.4, 0.5) is 0 Å². The Morgan fingerprint density at radius 2 is 1.70 bits per heavy atom. The number of aliphatic hydroxyl groups is 1. The van der Waals surface area contributed by atoms with Crippen molar-refractivity contribution in [3.05, 3.63) is 65.2 Å². The monoisotopic (exact) mass is 368 g/mol. The van der Waals surface area contributed by atoms with E-state index in [0.29, 0.717) is 6.42 Å². The molecule has 0 spiro atoms. The van der Waals surface area contributed by atoms with Crippen LogP contribution in [0.2, 0.25) is 0 Å². The summed E-state index contributed by atoms with van der Waals surface area (Å²) in [5.74, 6) is 0.876. The number of aliphatic hydroxyl groups excluding tert-OH is 1. The lowest BCUT2D eigenvalue weighted by Crippen LogP contribution is -2.29. The summed E-state index contributed by atoms with van der Waals surface area (Å²) in [4.78, 5) is 0. The molecule has 2 aromatic carbocycles. The molecule has 3 atom stereocenters. The van der Waals surface area contributed by atoms with Crippen LogP contribution in [0.15, 0.2) is 48.5 Å². The van der Waals surface area contributed by atoms with Gasteiger partial charge in [0, 0.05) is 6.42 Å². The topological polar surface area (TPSA) is 38.7 Å². The number of benzene rings is 2. The molecule has 0 bridgehead atoms. The van der Waals surface area contributed by atoms with Crippen molar-refractivity contribution in [3.8, 4) is 18.6 Å². The van der Waals surface area contributed by atoms with Gasteiger partial charge >= 0.3 is 0 Å². The van der Waals surface area contributed by atoms with Gasteiger partial charge in [0.1, 0.15) is 5.75 Å². The van der Waals surface area contributed by atoms with Gasteiger partial charge in [-0.15, -0.1) is 12.8 Å². The molecule has 0 amide bonds. The molecule has 3 rings (SSSR count). The largest absolute Gasteiger partial charge is 0.497 e. The number of terminal acetylenes is 1. The molecule has 1 aliphatic heterocycles. The van der Waals surface area contributed by atoms with Crippen LogP contribution in [-0.2, 0) is 11.2 Å². The highest BCUT2D eigenvalue weighted by molar-refractivity contribution is 5.33. The molecule has 1 N–H and O–H groups in total. The van der Waals surface area contributed by atoms with Crippen molar-refractivity contribution in [2.24, 2.45) is 0 Å². The maximum atomic E-state index is 9.97. The molecule has 146 valence electrons. The fourth-order valence-electron chi connectivity index (χ4n) is 3.22. The highest BCUT2D eigenvalue weighted by Gasteiger charge is 2.26. The van der Waals surface area contributed by atoms with E-state index in [1.165, 1.54) is 11.1 Å². The van der Waals surface area contributed by atoms with Crippen LogP contribution < -0.4 is 4.74 Å². The summed E-state index contributed by atoms with van der Waals surface area (Å²) in [5.41, 5.74) is 3.66. The van der Waals surface area contributed by atoms with E-state index in [9.17, 15) is 5.11 Å². The van der Waals surface area contributed by atoms with Crippen molar-refractivity contribution >= 4 is 0 Å². The summed E-state index contributed by atoms with van der Waals surface area (Å²) in [6.45, 7) is 6.02. The molecule has 0 saturated carbocycles. The van der Waals surface area contributed by atoms with Gasteiger partial charge in [0.25, 0.3) is 0 Å². The molecule has 0 unspecified atom stereocenters. The number of hydrogen-bond donors (Lipinski definition) is 1. The quantitative estimate of drug-likeness (QED) is 0.757. The van der Waals surface area contributed by atoms with E-state index < -0.39 is 0 Å². The third-order valence-corrected chi connectivity index (χ3v) is 4.38. The first-order chi connectivity index (χ1) is 13.1. The molecular weight excluding hydrogens is 336 g/mol. The molecule has 2 aromatic rings. The molecule has 3 nitrogen and oxygen atoms in total. The molecule has 0 aromatic heterocycles. The molecular formula is C24H32O3. The minimum absolute atomic E-state index is 0.00966. The fraction of sp³-hybridized carbons (Fsp3) is 0.417. The lowest BCUT2D eigenvalue weighted by atomic mass is 9.94. The van der Waals surface area contributed by atoms with Crippen molar-refractivity contribution in [2.75, 3.05) is 7.11 Å². The maximum absolute atomic E-state index is 9.97. The highest BCUT2D eigenvalue weighted by atomic mass is 16.5. The van der Waals surface area contributed by atoms with Gasteiger partial charge in [-0.2, -0.15) is 0 Å². The molecule has 27 heavy (non-hydrogen) atoms. The zero-order valence-electron chi connectivity index (χ0n) is 16.9. The summed E-state index contributed by atoms with van der Waals surface area (Å²) in [5, 5.41) is 9.97. The van der Waals surface area contributed by atoms with Crippen molar-refractivity contribution in [2.45, 2.75) is 58.3 Å². The molecule has 0 aliphatic carbocycles. The van der Waals surface area contributed by atoms with E-state index in [1.807, 2.05) is 32.9 Å². The molecule has 1 aliphatic rings. The Morgan fingerprint density at radius 1 is 1.04 bits per heavy atom. The Balaban J connectivity index is 0.000000855. The minimum Gasteiger partial charge on any atom is -0.497 e. The third kappa shape index (κ3) is 7.09. The van der Waals surface area contributed by atoms with E-state index in [4.69, 9.17) is 9.47 Å². The van der Waals surface area contributed by atoms with Crippen molar-refractivity contribution in [3.63, 3.8) is 0 Å². The predicted molar refractivity (Wildman–Crippen MR) is 112 cm³/mol. The van der Waals surface area contributed by atoms with Gasteiger partial charge in [-0.3, -0.25) is 0 Å². The van der Waals surface area contributed by atoms with E-state index in [1.54, 1.807) is 7.11 Å². The van der Waals surface area contributed by atoms with Gasteiger partial charge in [-0.25, -0.2) is 0 Å².